The van der Waals surface area contributed by atoms with Crippen LogP contribution < -0.4 is 5.73 Å². The third-order valence-corrected chi connectivity index (χ3v) is 4.45. The number of hydrogen-bond donors (Lipinski definition) is 1. The summed E-state index contributed by atoms with van der Waals surface area (Å²) in [5.74, 6) is 0.191. The van der Waals surface area contributed by atoms with E-state index < -0.39 is 0 Å². The number of aryl methyl sites for hydroxylation is 2. The summed E-state index contributed by atoms with van der Waals surface area (Å²) in [6.45, 7) is 10.5. The molecule has 1 aromatic rings. The predicted octanol–water partition coefficient (Wildman–Crippen LogP) is 1.86. The van der Waals surface area contributed by atoms with Crippen molar-refractivity contribution in [3.05, 3.63) is 34.9 Å². The Balaban J connectivity index is 1.97. The molecule has 1 unspecified atom stereocenters. The Hall–Kier alpha value is -1.39. The fourth-order valence-corrected chi connectivity index (χ4v) is 3.13. The van der Waals surface area contributed by atoms with Gasteiger partial charge in [-0.05, 0) is 31.9 Å². The monoisotopic (exact) mass is 289 g/mol. The molecular formula is C17H27N3O. The van der Waals surface area contributed by atoms with E-state index >= 15 is 0 Å². The number of hydrogen-bond acceptors (Lipinski definition) is 3. The average molecular weight is 289 g/mol. The van der Waals surface area contributed by atoms with Crippen LogP contribution in [0.5, 0.6) is 0 Å². The van der Waals surface area contributed by atoms with Gasteiger partial charge < -0.3 is 10.6 Å². The molecule has 2 N–H and O–H groups in total. The number of rotatable bonds is 4. The molecule has 0 saturated carbocycles. The molecule has 1 saturated heterocycles. The van der Waals surface area contributed by atoms with E-state index in [2.05, 4.69) is 43.9 Å². The average Bonchev–Trinajstić information content (AvgIpc) is 2.47. The van der Waals surface area contributed by atoms with E-state index in [-0.39, 0.29) is 5.91 Å². The number of nitrogens with zero attached hydrogens (tertiary/aromatic N) is 2. The normalized spacial score (nSPS) is 17.8. The lowest BCUT2D eigenvalue weighted by Gasteiger charge is -2.38. The van der Waals surface area contributed by atoms with Crippen LogP contribution in [0.2, 0.25) is 0 Å². The van der Waals surface area contributed by atoms with Crippen molar-refractivity contribution in [1.29, 1.82) is 0 Å². The van der Waals surface area contributed by atoms with Crippen LogP contribution in [-0.4, -0.2) is 48.4 Å². The minimum absolute atomic E-state index is 0.191. The first kappa shape index (κ1) is 16.0. The van der Waals surface area contributed by atoms with E-state index in [9.17, 15) is 4.79 Å². The second-order valence-electron chi connectivity index (χ2n) is 5.99. The first-order valence-corrected chi connectivity index (χ1v) is 7.82. The molecule has 2 rings (SSSR count). The second kappa shape index (κ2) is 7.05. The molecule has 0 bridgehead atoms. The molecule has 1 aromatic carbocycles. The van der Waals surface area contributed by atoms with Crippen molar-refractivity contribution in [1.82, 2.24) is 9.80 Å². The molecule has 1 fully saturated rings. The van der Waals surface area contributed by atoms with Crippen molar-refractivity contribution in [3.63, 3.8) is 0 Å². The third-order valence-electron chi connectivity index (χ3n) is 4.45. The highest BCUT2D eigenvalue weighted by atomic mass is 16.2. The minimum atomic E-state index is 0.191. The highest BCUT2D eigenvalue weighted by Gasteiger charge is 2.24. The Labute approximate surface area is 127 Å². The topological polar surface area (TPSA) is 49.6 Å². The van der Waals surface area contributed by atoms with E-state index in [0.29, 0.717) is 19.0 Å². The summed E-state index contributed by atoms with van der Waals surface area (Å²) >= 11 is 0. The summed E-state index contributed by atoms with van der Waals surface area (Å²) in [6, 6.07) is 7.06. The molecule has 1 amide bonds. The van der Waals surface area contributed by atoms with Crippen LogP contribution in [0.3, 0.4) is 0 Å². The standard InChI is InChI=1S/C17H27N3O/c1-13-4-5-16(14(2)12-13)15(3)19-8-10-20(11-9-19)17(21)6-7-18/h4-5,12,15H,6-11,18H2,1-3H3. The minimum Gasteiger partial charge on any atom is -0.340 e. The van der Waals surface area contributed by atoms with Crippen LogP contribution in [0.25, 0.3) is 0 Å². The number of carbonyl (C=O) groups is 1. The van der Waals surface area contributed by atoms with Crippen molar-refractivity contribution >= 4 is 5.91 Å². The zero-order valence-electron chi connectivity index (χ0n) is 13.4. The Kier molecular flexibility index (Phi) is 5.37. The fraction of sp³-hybridized carbons (Fsp3) is 0.588. The maximum absolute atomic E-state index is 11.9. The molecule has 1 aliphatic rings. The van der Waals surface area contributed by atoms with Gasteiger partial charge in [0, 0.05) is 45.2 Å². The lowest BCUT2D eigenvalue weighted by molar-refractivity contribution is -0.133. The number of benzene rings is 1. The van der Waals surface area contributed by atoms with Gasteiger partial charge in [0.15, 0.2) is 0 Å². The van der Waals surface area contributed by atoms with E-state index in [1.165, 1.54) is 16.7 Å². The summed E-state index contributed by atoms with van der Waals surface area (Å²) in [5, 5.41) is 0. The SMILES string of the molecule is Cc1ccc(C(C)N2CCN(C(=O)CCN)CC2)c(C)c1. The first-order chi connectivity index (χ1) is 10.0. The number of piperazine rings is 1. The Morgan fingerprint density at radius 1 is 1.24 bits per heavy atom. The molecule has 116 valence electrons. The highest BCUT2D eigenvalue weighted by molar-refractivity contribution is 5.76. The van der Waals surface area contributed by atoms with Gasteiger partial charge >= 0.3 is 0 Å². The van der Waals surface area contributed by atoms with E-state index in [1.54, 1.807) is 0 Å². The number of carbonyl (C=O) groups excluding carboxylic acids is 1. The Morgan fingerprint density at radius 2 is 1.90 bits per heavy atom. The van der Waals surface area contributed by atoms with Crippen LogP contribution >= 0.6 is 0 Å². The second-order valence-corrected chi connectivity index (χ2v) is 5.99. The van der Waals surface area contributed by atoms with Gasteiger partial charge in [-0.25, -0.2) is 0 Å². The van der Waals surface area contributed by atoms with Crippen LogP contribution in [0.15, 0.2) is 18.2 Å². The zero-order valence-corrected chi connectivity index (χ0v) is 13.4. The van der Waals surface area contributed by atoms with Crippen molar-refractivity contribution in [2.24, 2.45) is 5.73 Å². The van der Waals surface area contributed by atoms with Crippen LogP contribution in [-0.2, 0) is 4.79 Å². The molecule has 0 aliphatic carbocycles. The van der Waals surface area contributed by atoms with Gasteiger partial charge in [-0.3, -0.25) is 9.69 Å². The van der Waals surface area contributed by atoms with Crippen molar-refractivity contribution < 1.29 is 4.79 Å². The third kappa shape index (κ3) is 3.83. The van der Waals surface area contributed by atoms with Gasteiger partial charge in [0.25, 0.3) is 0 Å². The van der Waals surface area contributed by atoms with Crippen molar-refractivity contribution in [2.75, 3.05) is 32.7 Å². The van der Waals surface area contributed by atoms with E-state index in [4.69, 9.17) is 5.73 Å². The van der Waals surface area contributed by atoms with Gasteiger partial charge in [-0.1, -0.05) is 23.8 Å². The quantitative estimate of drug-likeness (QED) is 0.920. The fourth-order valence-electron chi connectivity index (χ4n) is 3.13. The predicted molar refractivity (Wildman–Crippen MR) is 86.2 cm³/mol. The maximum atomic E-state index is 11.9. The Morgan fingerprint density at radius 3 is 2.48 bits per heavy atom. The summed E-state index contributed by atoms with van der Waals surface area (Å²) in [5.41, 5.74) is 9.51. The molecule has 1 aliphatic heterocycles. The lowest BCUT2D eigenvalue weighted by Crippen LogP contribution is -2.49. The molecule has 1 atom stereocenters. The van der Waals surface area contributed by atoms with Crippen LogP contribution in [0.4, 0.5) is 0 Å². The summed E-state index contributed by atoms with van der Waals surface area (Å²) in [6.07, 6.45) is 0.465. The van der Waals surface area contributed by atoms with E-state index in [0.717, 1.165) is 26.2 Å². The van der Waals surface area contributed by atoms with E-state index in [1.807, 2.05) is 4.90 Å². The lowest BCUT2D eigenvalue weighted by atomic mass is 9.98. The smallest absolute Gasteiger partial charge is 0.223 e. The highest BCUT2D eigenvalue weighted by Crippen LogP contribution is 2.25. The first-order valence-electron chi connectivity index (χ1n) is 7.82. The van der Waals surface area contributed by atoms with Crippen LogP contribution in [0.1, 0.15) is 36.1 Å². The summed E-state index contributed by atoms with van der Waals surface area (Å²) < 4.78 is 0. The number of nitrogens with two attached hydrogens (primary N) is 1. The maximum Gasteiger partial charge on any atom is 0.223 e. The zero-order chi connectivity index (χ0) is 15.4. The van der Waals surface area contributed by atoms with Gasteiger partial charge in [0.1, 0.15) is 0 Å². The van der Waals surface area contributed by atoms with Crippen LogP contribution in [0, 0.1) is 13.8 Å². The van der Waals surface area contributed by atoms with Gasteiger partial charge in [-0.15, -0.1) is 0 Å². The largest absolute Gasteiger partial charge is 0.340 e. The molecule has 1 heterocycles. The summed E-state index contributed by atoms with van der Waals surface area (Å²) in [7, 11) is 0. The number of amides is 1. The summed E-state index contributed by atoms with van der Waals surface area (Å²) in [4.78, 5) is 16.3. The molecule has 0 aromatic heterocycles. The Bertz CT molecular complexity index is 493. The molecule has 21 heavy (non-hydrogen) atoms. The molecular weight excluding hydrogens is 262 g/mol. The molecule has 4 heteroatoms. The van der Waals surface area contributed by atoms with Gasteiger partial charge in [0.05, 0.1) is 0 Å². The van der Waals surface area contributed by atoms with Crippen molar-refractivity contribution in [3.8, 4) is 0 Å². The molecule has 4 nitrogen and oxygen atoms in total. The molecule has 0 spiro atoms. The van der Waals surface area contributed by atoms with Crippen molar-refractivity contribution in [2.45, 2.75) is 33.2 Å². The van der Waals surface area contributed by atoms with Gasteiger partial charge in [-0.2, -0.15) is 0 Å². The van der Waals surface area contributed by atoms with Gasteiger partial charge in [0.2, 0.25) is 5.91 Å². The molecule has 0 radical (unpaired) electrons.